The zero-order valence-electron chi connectivity index (χ0n) is 17.3. The van der Waals surface area contributed by atoms with Crippen molar-refractivity contribution in [2.24, 2.45) is 0 Å². The Hall–Kier alpha value is -2.90. The van der Waals surface area contributed by atoms with Crippen LogP contribution in [0.4, 0.5) is 11.5 Å². The smallest absolute Gasteiger partial charge is 0.255 e. The maximum atomic E-state index is 12.8. The molecule has 0 unspecified atom stereocenters. The fourth-order valence-electron chi connectivity index (χ4n) is 3.58. The van der Waals surface area contributed by atoms with Crippen molar-refractivity contribution in [2.75, 3.05) is 36.4 Å². The van der Waals surface area contributed by atoms with E-state index in [9.17, 15) is 9.59 Å². The molecular formula is C24H22BrClN4O2. The number of benzene rings is 2. The molecule has 32 heavy (non-hydrogen) atoms. The molecule has 6 nitrogen and oxygen atoms in total. The average Bonchev–Trinajstić information content (AvgIpc) is 3.06. The summed E-state index contributed by atoms with van der Waals surface area (Å²) in [6, 6.07) is 17.9. The summed E-state index contributed by atoms with van der Waals surface area (Å²) in [4.78, 5) is 33.8. The highest BCUT2D eigenvalue weighted by molar-refractivity contribution is 9.10. The van der Waals surface area contributed by atoms with Gasteiger partial charge in [0.05, 0.1) is 11.9 Å². The molecule has 0 saturated carbocycles. The summed E-state index contributed by atoms with van der Waals surface area (Å²) in [5, 5.41) is 3.43. The Bertz CT molecular complexity index is 1090. The number of rotatable bonds is 4. The van der Waals surface area contributed by atoms with Gasteiger partial charge in [-0.05, 0) is 67.1 Å². The molecule has 164 valence electrons. The van der Waals surface area contributed by atoms with Crippen LogP contribution in [-0.2, 0) is 0 Å². The first-order chi connectivity index (χ1) is 15.5. The van der Waals surface area contributed by atoms with Crippen molar-refractivity contribution in [2.45, 2.75) is 6.42 Å². The molecule has 1 aliphatic rings. The molecule has 4 rings (SSSR count). The van der Waals surface area contributed by atoms with Crippen molar-refractivity contribution in [3.05, 3.63) is 87.5 Å². The Labute approximate surface area is 200 Å². The predicted octanol–water partition coefficient (Wildman–Crippen LogP) is 5.10. The molecule has 1 saturated heterocycles. The predicted molar refractivity (Wildman–Crippen MR) is 131 cm³/mol. The molecule has 0 bridgehead atoms. The third-order valence-corrected chi connectivity index (χ3v) is 6.09. The van der Waals surface area contributed by atoms with Gasteiger partial charge in [-0.25, -0.2) is 4.98 Å². The number of carbonyl (C=O) groups is 2. The van der Waals surface area contributed by atoms with E-state index in [0.29, 0.717) is 41.5 Å². The van der Waals surface area contributed by atoms with E-state index in [0.717, 1.165) is 23.3 Å². The van der Waals surface area contributed by atoms with Gasteiger partial charge in [0.25, 0.3) is 11.8 Å². The topological polar surface area (TPSA) is 65.5 Å². The molecule has 1 N–H and O–H groups in total. The van der Waals surface area contributed by atoms with Crippen molar-refractivity contribution in [1.29, 1.82) is 0 Å². The Morgan fingerprint density at radius 1 is 0.875 bits per heavy atom. The van der Waals surface area contributed by atoms with Crippen LogP contribution in [0, 0.1) is 0 Å². The number of hydrogen-bond acceptors (Lipinski definition) is 4. The molecule has 1 aromatic heterocycles. The molecule has 0 radical (unpaired) electrons. The van der Waals surface area contributed by atoms with Crippen molar-refractivity contribution in [1.82, 2.24) is 9.88 Å². The van der Waals surface area contributed by atoms with E-state index in [1.54, 1.807) is 30.5 Å². The number of aromatic nitrogens is 1. The van der Waals surface area contributed by atoms with Gasteiger partial charge in [-0.2, -0.15) is 0 Å². The van der Waals surface area contributed by atoms with Crippen LogP contribution >= 0.6 is 27.5 Å². The summed E-state index contributed by atoms with van der Waals surface area (Å²) in [6.07, 6.45) is 2.51. The number of hydrogen-bond donors (Lipinski definition) is 1. The lowest BCUT2D eigenvalue weighted by Gasteiger charge is -2.23. The van der Waals surface area contributed by atoms with Gasteiger partial charge < -0.3 is 15.1 Å². The van der Waals surface area contributed by atoms with Gasteiger partial charge in [0.1, 0.15) is 5.82 Å². The van der Waals surface area contributed by atoms with Crippen LogP contribution in [0.25, 0.3) is 0 Å². The molecule has 1 fully saturated rings. The van der Waals surface area contributed by atoms with E-state index in [1.807, 2.05) is 41.3 Å². The van der Waals surface area contributed by atoms with Crippen molar-refractivity contribution < 1.29 is 9.59 Å². The lowest BCUT2D eigenvalue weighted by Crippen LogP contribution is -2.35. The molecule has 0 spiro atoms. The minimum Gasteiger partial charge on any atom is -0.355 e. The molecule has 2 amide bonds. The Morgan fingerprint density at radius 3 is 2.28 bits per heavy atom. The van der Waals surface area contributed by atoms with Crippen LogP contribution in [0.5, 0.6) is 0 Å². The summed E-state index contributed by atoms with van der Waals surface area (Å²) in [7, 11) is 0. The van der Waals surface area contributed by atoms with Crippen LogP contribution in [0.1, 0.15) is 27.1 Å². The third kappa shape index (κ3) is 5.47. The number of anilines is 2. The zero-order valence-corrected chi connectivity index (χ0v) is 19.6. The molecular weight excluding hydrogens is 492 g/mol. The highest BCUT2D eigenvalue weighted by atomic mass is 79.9. The summed E-state index contributed by atoms with van der Waals surface area (Å²) in [6.45, 7) is 2.85. The van der Waals surface area contributed by atoms with Crippen LogP contribution in [0.15, 0.2) is 71.3 Å². The molecule has 8 heteroatoms. The number of nitrogens with one attached hydrogen (secondary N) is 1. The van der Waals surface area contributed by atoms with Crippen LogP contribution in [0.2, 0.25) is 5.02 Å². The molecule has 3 aromatic rings. The lowest BCUT2D eigenvalue weighted by atomic mass is 10.2. The standard InChI is InChI=1S/C24H22BrClN4O2/c25-19-6-2-18(3-7-19)24(32)30-13-1-12-29(14-15-30)22-11-10-21(16-27-22)28-23(31)17-4-8-20(26)9-5-17/h2-11,16H,1,12-15H2,(H,28,31). The first-order valence-corrected chi connectivity index (χ1v) is 11.5. The third-order valence-electron chi connectivity index (χ3n) is 5.31. The summed E-state index contributed by atoms with van der Waals surface area (Å²) < 4.78 is 0.954. The minimum absolute atomic E-state index is 0.0487. The van der Waals surface area contributed by atoms with Gasteiger partial charge in [-0.15, -0.1) is 0 Å². The summed E-state index contributed by atoms with van der Waals surface area (Å²) in [5.74, 6) is 0.660. The number of pyridine rings is 1. The maximum Gasteiger partial charge on any atom is 0.255 e. The first kappa shape index (κ1) is 22.3. The monoisotopic (exact) mass is 512 g/mol. The van der Waals surface area contributed by atoms with Gasteiger partial charge in [0.15, 0.2) is 0 Å². The van der Waals surface area contributed by atoms with Gasteiger partial charge in [0.2, 0.25) is 0 Å². The van der Waals surface area contributed by atoms with Gasteiger partial charge in [-0.1, -0.05) is 27.5 Å². The molecule has 2 heterocycles. The highest BCUT2D eigenvalue weighted by Gasteiger charge is 2.21. The summed E-state index contributed by atoms with van der Waals surface area (Å²) >= 11 is 9.28. The van der Waals surface area contributed by atoms with Crippen LogP contribution in [-0.4, -0.2) is 47.9 Å². The van der Waals surface area contributed by atoms with E-state index in [2.05, 4.69) is 31.1 Å². The van der Waals surface area contributed by atoms with Gasteiger partial charge >= 0.3 is 0 Å². The lowest BCUT2D eigenvalue weighted by molar-refractivity contribution is 0.0767. The molecule has 2 aromatic carbocycles. The number of amides is 2. The Balaban J connectivity index is 1.36. The number of nitrogens with zero attached hydrogens (tertiary/aromatic N) is 3. The van der Waals surface area contributed by atoms with Crippen molar-refractivity contribution in [3.8, 4) is 0 Å². The van der Waals surface area contributed by atoms with Crippen molar-refractivity contribution in [3.63, 3.8) is 0 Å². The fraction of sp³-hybridized carbons (Fsp3) is 0.208. The highest BCUT2D eigenvalue weighted by Crippen LogP contribution is 2.19. The van der Waals surface area contributed by atoms with E-state index in [-0.39, 0.29) is 11.8 Å². The summed E-state index contributed by atoms with van der Waals surface area (Å²) in [5.41, 5.74) is 1.85. The quantitative estimate of drug-likeness (QED) is 0.527. The Morgan fingerprint density at radius 2 is 1.59 bits per heavy atom. The second kappa shape index (κ2) is 10.1. The maximum absolute atomic E-state index is 12.8. The fourth-order valence-corrected chi connectivity index (χ4v) is 3.97. The van der Waals surface area contributed by atoms with Crippen LogP contribution in [0.3, 0.4) is 0 Å². The van der Waals surface area contributed by atoms with Crippen molar-refractivity contribution >= 4 is 50.9 Å². The van der Waals surface area contributed by atoms with E-state index in [4.69, 9.17) is 11.6 Å². The van der Waals surface area contributed by atoms with Crippen LogP contribution < -0.4 is 10.2 Å². The largest absolute Gasteiger partial charge is 0.355 e. The minimum atomic E-state index is -0.215. The molecule has 1 aliphatic heterocycles. The average molecular weight is 514 g/mol. The Kier molecular flexibility index (Phi) is 7.07. The van der Waals surface area contributed by atoms with E-state index >= 15 is 0 Å². The number of halogens is 2. The first-order valence-electron chi connectivity index (χ1n) is 10.3. The second-order valence-corrected chi connectivity index (χ2v) is 8.86. The second-order valence-electron chi connectivity index (χ2n) is 7.51. The van der Waals surface area contributed by atoms with E-state index in [1.165, 1.54) is 0 Å². The van der Waals surface area contributed by atoms with Gasteiger partial charge in [0, 0.05) is 46.8 Å². The molecule has 0 aliphatic carbocycles. The normalized spacial score (nSPS) is 14.1. The SMILES string of the molecule is O=C(Nc1ccc(N2CCCN(C(=O)c3ccc(Br)cc3)CC2)nc1)c1ccc(Cl)cc1. The van der Waals surface area contributed by atoms with Gasteiger partial charge in [-0.3, -0.25) is 9.59 Å². The molecule has 0 atom stereocenters. The number of carbonyl (C=O) groups excluding carboxylic acids is 2. The van der Waals surface area contributed by atoms with E-state index < -0.39 is 0 Å². The zero-order chi connectivity index (χ0) is 22.5.